The van der Waals surface area contributed by atoms with E-state index < -0.39 is 0 Å². The topological polar surface area (TPSA) is 80.5 Å². The molecule has 0 saturated carbocycles. The number of piperazine rings is 1. The van der Waals surface area contributed by atoms with E-state index in [0.29, 0.717) is 30.6 Å². The van der Waals surface area contributed by atoms with Crippen LogP contribution in [0.5, 0.6) is 5.88 Å². The molecule has 2 fully saturated rings. The smallest absolute Gasteiger partial charge is 0.234 e. The summed E-state index contributed by atoms with van der Waals surface area (Å²) in [5.74, 6) is 1.49. The van der Waals surface area contributed by atoms with Gasteiger partial charge in [0.05, 0.1) is 11.9 Å². The van der Waals surface area contributed by atoms with Crippen LogP contribution in [-0.4, -0.2) is 73.8 Å². The maximum Gasteiger partial charge on any atom is 0.234 e. The third kappa shape index (κ3) is 4.23. The van der Waals surface area contributed by atoms with E-state index in [9.17, 15) is 5.26 Å². The zero-order valence-corrected chi connectivity index (χ0v) is 20.9. The Labute approximate surface area is 212 Å². The molecule has 186 valence electrons. The van der Waals surface area contributed by atoms with Crippen molar-refractivity contribution in [3.63, 3.8) is 0 Å². The van der Waals surface area contributed by atoms with Gasteiger partial charge in [-0.05, 0) is 32.9 Å². The van der Waals surface area contributed by atoms with Gasteiger partial charge in [-0.15, -0.1) is 0 Å². The molecule has 5 heterocycles. The third-order valence-corrected chi connectivity index (χ3v) is 7.94. The summed E-state index contributed by atoms with van der Waals surface area (Å²) >= 11 is 0. The predicted molar refractivity (Wildman–Crippen MR) is 142 cm³/mol. The first-order valence-electron chi connectivity index (χ1n) is 13.0. The van der Waals surface area contributed by atoms with Gasteiger partial charge in [0.1, 0.15) is 24.1 Å². The third-order valence-electron chi connectivity index (χ3n) is 7.94. The number of benzene rings is 1. The first-order chi connectivity index (χ1) is 17.7. The second kappa shape index (κ2) is 9.92. The van der Waals surface area contributed by atoms with Crippen LogP contribution >= 0.6 is 0 Å². The number of fused-ring (bicyclic) bond motifs is 2. The molecular formula is C28H33N7O. The molecular weight excluding hydrogens is 450 g/mol. The summed E-state index contributed by atoms with van der Waals surface area (Å²) in [5, 5.41) is 16.1. The van der Waals surface area contributed by atoms with Crippen LogP contribution in [0.15, 0.2) is 36.7 Å². The number of nitrogens with zero attached hydrogens (tertiary/aromatic N) is 6. The number of nitriles is 1. The molecule has 2 saturated heterocycles. The van der Waals surface area contributed by atoms with E-state index in [1.165, 1.54) is 17.4 Å². The number of hydrogen-bond donors (Lipinski definition) is 1. The van der Waals surface area contributed by atoms with Crippen molar-refractivity contribution in [2.75, 3.05) is 62.7 Å². The van der Waals surface area contributed by atoms with Gasteiger partial charge in [-0.2, -0.15) is 10.2 Å². The molecule has 1 unspecified atom stereocenters. The number of aromatic nitrogens is 2. The Hall–Kier alpha value is -3.41. The molecule has 3 aliphatic heterocycles. The van der Waals surface area contributed by atoms with Crippen molar-refractivity contribution in [1.29, 1.82) is 5.26 Å². The minimum atomic E-state index is 0.371. The summed E-state index contributed by atoms with van der Waals surface area (Å²) in [6.07, 6.45) is 7.01. The Bertz CT molecular complexity index is 1290. The van der Waals surface area contributed by atoms with E-state index in [0.717, 1.165) is 74.6 Å². The predicted octanol–water partition coefficient (Wildman–Crippen LogP) is 2.95. The Morgan fingerprint density at radius 2 is 1.94 bits per heavy atom. The number of nitrogens with one attached hydrogen (secondary N) is 1. The lowest BCUT2D eigenvalue weighted by Gasteiger charge is -2.36. The van der Waals surface area contributed by atoms with Crippen LogP contribution in [0.1, 0.15) is 29.5 Å². The zero-order valence-electron chi connectivity index (χ0n) is 20.9. The van der Waals surface area contributed by atoms with Gasteiger partial charge in [0.2, 0.25) is 5.88 Å². The molecule has 0 spiro atoms. The second-order valence-corrected chi connectivity index (χ2v) is 10.1. The van der Waals surface area contributed by atoms with Crippen LogP contribution in [0.2, 0.25) is 0 Å². The first kappa shape index (κ1) is 23.0. The molecule has 36 heavy (non-hydrogen) atoms. The molecule has 0 amide bonds. The molecule has 8 heteroatoms. The molecule has 1 aromatic carbocycles. The lowest BCUT2D eigenvalue weighted by molar-refractivity contribution is 0.193. The highest BCUT2D eigenvalue weighted by Crippen LogP contribution is 2.38. The van der Waals surface area contributed by atoms with Crippen molar-refractivity contribution < 1.29 is 4.74 Å². The highest BCUT2D eigenvalue weighted by atomic mass is 16.5. The number of ether oxygens (including phenoxy) is 1. The summed E-state index contributed by atoms with van der Waals surface area (Å²) < 4.78 is 6.34. The first-order valence-corrected chi connectivity index (χ1v) is 13.0. The molecule has 3 aliphatic rings. The number of hydrogen-bond acceptors (Lipinski definition) is 8. The van der Waals surface area contributed by atoms with Crippen LogP contribution in [0, 0.1) is 11.3 Å². The summed E-state index contributed by atoms with van der Waals surface area (Å²) in [6.45, 7) is 6.86. The van der Waals surface area contributed by atoms with E-state index in [1.54, 1.807) is 0 Å². The lowest BCUT2D eigenvalue weighted by Crippen LogP contribution is -2.45. The zero-order chi connectivity index (χ0) is 24.5. The summed E-state index contributed by atoms with van der Waals surface area (Å²) in [7, 11) is 2.15. The highest BCUT2D eigenvalue weighted by Gasteiger charge is 2.30. The quantitative estimate of drug-likeness (QED) is 0.593. The number of likely N-dealkylation sites (tertiary alicyclic amines) is 1. The molecule has 2 aromatic heterocycles. The number of pyridine rings is 2. The summed E-state index contributed by atoms with van der Waals surface area (Å²) in [5.41, 5.74) is 3.94. The van der Waals surface area contributed by atoms with E-state index in [4.69, 9.17) is 9.72 Å². The minimum absolute atomic E-state index is 0.371. The van der Waals surface area contributed by atoms with Crippen molar-refractivity contribution >= 4 is 22.3 Å². The van der Waals surface area contributed by atoms with Crippen molar-refractivity contribution in [3.8, 4) is 11.9 Å². The molecule has 3 aromatic rings. The number of rotatable bonds is 5. The lowest BCUT2D eigenvalue weighted by atomic mass is 9.95. The second-order valence-electron chi connectivity index (χ2n) is 10.1. The molecule has 0 radical (unpaired) electrons. The van der Waals surface area contributed by atoms with Crippen LogP contribution in [0.4, 0.5) is 11.5 Å². The minimum Gasteiger partial charge on any atom is -0.475 e. The SMILES string of the molecule is CN1CCCC1COc1nc(N2CCNCC2)c2c(c1C#N)CN(c1cncc3ccccc13)CC2. The van der Waals surface area contributed by atoms with Gasteiger partial charge in [-0.1, -0.05) is 24.3 Å². The molecule has 1 N–H and O–H groups in total. The molecule has 6 rings (SSSR count). The van der Waals surface area contributed by atoms with Crippen molar-refractivity contribution in [1.82, 2.24) is 20.2 Å². The van der Waals surface area contributed by atoms with Crippen LogP contribution in [-0.2, 0) is 13.0 Å². The summed E-state index contributed by atoms with van der Waals surface area (Å²) in [4.78, 5) is 16.6. The standard InChI is InChI=1S/C28H33N7O/c1-33-11-4-6-21(33)19-36-28-24(15-29)25-18-35(26-17-31-16-20-5-2-3-7-22(20)26)12-8-23(25)27(32-28)34-13-9-30-10-14-34/h2-3,5,7,16-17,21,30H,4,6,8-14,18-19H2,1H3. The van der Waals surface area contributed by atoms with Crippen LogP contribution < -0.4 is 19.9 Å². The van der Waals surface area contributed by atoms with E-state index in [2.05, 4.69) is 56.3 Å². The van der Waals surface area contributed by atoms with Crippen molar-refractivity contribution in [2.24, 2.45) is 0 Å². The normalized spacial score (nSPS) is 20.4. The van der Waals surface area contributed by atoms with Gasteiger partial charge < -0.3 is 24.8 Å². The largest absolute Gasteiger partial charge is 0.475 e. The van der Waals surface area contributed by atoms with Gasteiger partial charge in [-0.3, -0.25) is 4.98 Å². The van der Waals surface area contributed by atoms with Crippen LogP contribution in [0.3, 0.4) is 0 Å². The van der Waals surface area contributed by atoms with Gasteiger partial charge in [0, 0.05) is 73.4 Å². The Balaban J connectivity index is 1.39. The molecule has 1 atom stereocenters. The Morgan fingerprint density at radius 3 is 2.75 bits per heavy atom. The van der Waals surface area contributed by atoms with E-state index in [-0.39, 0.29) is 0 Å². The van der Waals surface area contributed by atoms with Crippen molar-refractivity contribution in [2.45, 2.75) is 31.8 Å². The van der Waals surface area contributed by atoms with Crippen molar-refractivity contribution in [3.05, 3.63) is 53.3 Å². The Morgan fingerprint density at radius 1 is 1.08 bits per heavy atom. The fourth-order valence-corrected chi connectivity index (χ4v) is 5.87. The molecule has 0 aliphatic carbocycles. The highest BCUT2D eigenvalue weighted by molar-refractivity contribution is 5.93. The maximum atomic E-state index is 10.3. The van der Waals surface area contributed by atoms with Crippen LogP contribution in [0.25, 0.3) is 10.8 Å². The van der Waals surface area contributed by atoms with Gasteiger partial charge in [0.15, 0.2) is 0 Å². The number of likely N-dealkylation sites (N-methyl/N-ethyl adjacent to an activating group) is 1. The fourth-order valence-electron chi connectivity index (χ4n) is 5.87. The monoisotopic (exact) mass is 483 g/mol. The maximum absolute atomic E-state index is 10.3. The Kier molecular flexibility index (Phi) is 6.34. The van der Waals surface area contributed by atoms with E-state index >= 15 is 0 Å². The van der Waals surface area contributed by atoms with Gasteiger partial charge in [0.25, 0.3) is 0 Å². The van der Waals surface area contributed by atoms with E-state index in [1.807, 2.05) is 18.5 Å². The number of anilines is 2. The average Bonchev–Trinajstić information content (AvgIpc) is 3.35. The fraction of sp³-hybridized carbons (Fsp3) is 0.464. The molecule has 0 bridgehead atoms. The average molecular weight is 484 g/mol. The summed E-state index contributed by atoms with van der Waals surface area (Å²) in [6, 6.07) is 11.2. The van der Waals surface area contributed by atoms with Gasteiger partial charge >= 0.3 is 0 Å². The molecule has 8 nitrogen and oxygen atoms in total. The van der Waals surface area contributed by atoms with Gasteiger partial charge in [-0.25, -0.2) is 0 Å².